The largest absolute Gasteiger partial charge is 0.497 e. The van der Waals surface area contributed by atoms with E-state index in [-0.39, 0.29) is 19.6 Å². The molecule has 13 nitrogen and oxygen atoms in total. The predicted molar refractivity (Wildman–Crippen MR) is 162 cm³/mol. The van der Waals surface area contributed by atoms with Gasteiger partial charge in [-0.3, -0.25) is 14.6 Å². The summed E-state index contributed by atoms with van der Waals surface area (Å²) in [6, 6.07) is 14.7. The van der Waals surface area contributed by atoms with Crippen molar-refractivity contribution in [2.45, 2.75) is 18.8 Å². The third kappa shape index (κ3) is 4.70. The van der Waals surface area contributed by atoms with Crippen LogP contribution >= 0.6 is 0 Å². The Kier molecular flexibility index (Phi) is 7.30. The molecule has 4 aliphatic rings. The topological polar surface area (TPSA) is 135 Å². The van der Waals surface area contributed by atoms with Crippen molar-refractivity contribution in [3.63, 3.8) is 0 Å². The molecular formula is C33H31N3O10. The fraction of sp³-hybridized carbons (Fsp3) is 0.333. The number of hydrogen-bond acceptors (Lipinski definition) is 12. The lowest BCUT2D eigenvalue weighted by atomic mass is 9.65. The zero-order valence-corrected chi connectivity index (χ0v) is 25.6. The SMILES string of the molecule is COc1ccc(N2C[C@@H]3C(=N2)c2cc4c(cc2[C@@H](c2cc(OC)c(OC)c(OC)c2)[C@H]3C(=O)ON2C(=O)CCC2=O)OCO4)cc1. The third-order valence-corrected chi connectivity index (χ3v) is 8.77. The summed E-state index contributed by atoms with van der Waals surface area (Å²) < 4.78 is 33.8. The summed E-state index contributed by atoms with van der Waals surface area (Å²) in [6.07, 6.45) is -0.0540. The van der Waals surface area contributed by atoms with Gasteiger partial charge in [0.25, 0.3) is 11.8 Å². The van der Waals surface area contributed by atoms with Crippen LogP contribution in [0.25, 0.3) is 0 Å². The molecule has 1 fully saturated rings. The number of carbonyl (C=O) groups excluding carboxylic acids is 3. The number of imide groups is 1. The molecule has 0 radical (unpaired) electrons. The molecule has 238 valence electrons. The van der Waals surface area contributed by atoms with Gasteiger partial charge in [0.2, 0.25) is 12.5 Å². The van der Waals surface area contributed by atoms with Crippen LogP contribution in [0.1, 0.15) is 35.4 Å². The van der Waals surface area contributed by atoms with Crippen molar-refractivity contribution in [1.82, 2.24) is 5.06 Å². The van der Waals surface area contributed by atoms with Gasteiger partial charge in [-0.05, 0) is 59.7 Å². The van der Waals surface area contributed by atoms with E-state index in [4.69, 9.17) is 38.4 Å². The second kappa shape index (κ2) is 11.5. The first kappa shape index (κ1) is 29.3. The normalized spacial score (nSPS) is 21.0. The monoisotopic (exact) mass is 629 g/mol. The molecule has 3 heterocycles. The first-order valence-corrected chi connectivity index (χ1v) is 14.7. The summed E-state index contributed by atoms with van der Waals surface area (Å²) >= 11 is 0. The summed E-state index contributed by atoms with van der Waals surface area (Å²) in [5.74, 6) is -1.12. The van der Waals surface area contributed by atoms with Crippen LogP contribution < -0.4 is 33.4 Å². The van der Waals surface area contributed by atoms with Gasteiger partial charge in [-0.15, -0.1) is 5.06 Å². The maximum atomic E-state index is 14.4. The molecule has 13 heteroatoms. The molecule has 0 aromatic heterocycles. The Labute approximate surface area is 264 Å². The van der Waals surface area contributed by atoms with Crippen LogP contribution in [0.3, 0.4) is 0 Å². The van der Waals surface area contributed by atoms with Crippen molar-refractivity contribution in [2.75, 3.05) is 46.8 Å². The van der Waals surface area contributed by atoms with Crippen molar-refractivity contribution in [3.05, 3.63) is 65.2 Å². The molecule has 1 saturated heterocycles. The molecule has 3 aromatic carbocycles. The van der Waals surface area contributed by atoms with Gasteiger partial charge in [0.1, 0.15) is 5.75 Å². The van der Waals surface area contributed by atoms with Gasteiger partial charge in [-0.2, -0.15) is 5.10 Å². The lowest BCUT2D eigenvalue weighted by Gasteiger charge is -2.37. The van der Waals surface area contributed by atoms with Gasteiger partial charge in [-0.1, -0.05) is 0 Å². The fourth-order valence-corrected chi connectivity index (χ4v) is 6.61. The number of fused-ring (bicyclic) bond motifs is 4. The number of nitrogens with zero attached hydrogens (tertiary/aromatic N) is 3. The standard InChI is InChI=1S/C33H31N3O10/c1-40-19-7-5-18(6-8-19)35-15-22-30(33(39)46-36-27(37)9-10-28(36)38)29(17-11-25(41-2)32(43-4)26(12-17)42-3)20-13-23-24(45-16-44-23)14-21(20)31(22)34-35/h5-8,11-14,22,29-30H,9-10,15-16H2,1-4H3/t22-,29+,30-/m0/s1. The van der Waals surface area contributed by atoms with Crippen molar-refractivity contribution >= 4 is 29.2 Å². The van der Waals surface area contributed by atoms with Crippen LogP contribution in [0.15, 0.2) is 53.6 Å². The van der Waals surface area contributed by atoms with Crippen LogP contribution in [-0.4, -0.2) is 70.3 Å². The van der Waals surface area contributed by atoms with E-state index in [0.717, 1.165) is 11.3 Å². The van der Waals surface area contributed by atoms with Gasteiger partial charge in [-0.25, -0.2) is 4.79 Å². The number of methoxy groups -OCH3 is 4. The Hall–Kier alpha value is -5.46. The second-order valence-corrected chi connectivity index (χ2v) is 11.1. The summed E-state index contributed by atoms with van der Waals surface area (Å²) in [4.78, 5) is 45.1. The van der Waals surface area contributed by atoms with Gasteiger partial charge >= 0.3 is 5.97 Å². The van der Waals surface area contributed by atoms with Gasteiger partial charge in [0, 0.05) is 30.2 Å². The summed E-state index contributed by atoms with van der Waals surface area (Å²) in [5, 5.41) is 7.41. The number of hydroxylamine groups is 2. The van der Waals surface area contributed by atoms with E-state index >= 15 is 0 Å². The van der Waals surface area contributed by atoms with Crippen LogP contribution in [0.4, 0.5) is 5.69 Å². The number of ether oxygens (including phenoxy) is 6. The minimum atomic E-state index is -0.945. The molecule has 3 aliphatic heterocycles. The van der Waals surface area contributed by atoms with Crippen LogP contribution in [-0.2, 0) is 19.2 Å². The molecule has 0 unspecified atom stereocenters. The quantitative estimate of drug-likeness (QED) is 0.338. The average Bonchev–Trinajstić information content (AvgIpc) is 3.81. The first-order valence-electron chi connectivity index (χ1n) is 14.7. The summed E-state index contributed by atoms with van der Waals surface area (Å²) in [6.45, 7) is 0.351. The van der Waals surface area contributed by atoms with Gasteiger partial charge < -0.3 is 33.3 Å². The third-order valence-electron chi connectivity index (χ3n) is 8.77. The lowest BCUT2D eigenvalue weighted by molar-refractivity contribution is -0.201. The average molecular weight is 630 g/mol. The van der Waals surface area contributed by atoms with E-state index < -0.39 is 35.5 Å². The highest BCUT2D eigenvalue weighted by Gasteiger charge is 2.52. The number of amides is 2. The molecule has 2 amide bonds. The maximum absolute atomic E-state index is 14.4. The van der Waals surface area contributed by atoms with E-state index in [1.165, 1.54) is 21.3 Å². The molecule has 1 aliphatic carbocycles. The predicted octanol–water partition coefficient (Wildman–Crippen LogP) is 3.66. The molecule has 0 N–H and O–H groups in total. The Morgan fingerprint density at radius 2 is 1.50 bits per heavy atom. The summed E-state index contributed by atoms with van der Waals surface area (Å²) in [7, 11) is 6.13. The van der Waals surface area contributed by atoms with Crippen molar-refractivity contribution in [2.24, 2.45) is 16.9 Å². The number of carbonyl (C=O) groups is 3. The number of rotatable bonds is 8. The minimum Gasteiger partial charge on any atom is -0.497 e. The van der Waals surface area contributed by atoms with Gasteiger partial charge in [0.15, 0.2) is 23.0 Å². The smallest absolute Gasteiger partial charge is 0.337 e. The van der Waals surface area contributed by atoms with Crippen molar-refractivity contribution in [3.8, 4) is 34.5 Å². The molecule has 0 spiro atoms. The molecule has 3 atom stereocenters. The highest BCUT2D eigenvalue weighted by atomic mass is 16.7. The molecule has 46 heavy (non-hydrogen) atoms. The highest BCUT2D eigenvalue weighted by Crippen LogP contribution is 2.53. The van der Waals surface area contributed by atoms with Crippen LogP contribution in [0, 0.1) is 11.8 Å². The van der Waals surface area contributed by atoms with E-state index in [1.54, 1.807) is 19.2 Å². The van der Waals surface area contributed by atoms with Crippen molar-refractivity contribution in [1.29, 1.82) is 0 Å². The number of benzene rings is 3. The van der Waals surface area contributed by atoms with E-state index in [2.05, 4.69) is 0 Å². The Bertz CT molecular complexity index is 1730. The van der Waals surface area contributed by atoms with Gasteiger partial charge in [0.05, 0.1) is 52.3 Å². The zero-order valence-electron chi connectivity index (χ0n) is 25.6. The highest BCUT2D eigenvalue weighted by molar-refractivity contribution is 6.10. The molecule has 3 aromatic rings. The number of hydrogen-bond donors (Lipinski definition) is 0. The maximum Gasteiger partial charge on any atom is 0.337 e. The molecule has 7 rings (SSSR count). The molecular weight excluding hydrogens is 598 g/mol. The second-order valence-electron chi connectivity index (χ2n) is 11.1. The van der Waals surface area contributed by atoms with E-state index in [9.17, 15) is 14.4 Å². The Morgan fingerprint density at radius 1 is 0.848 bits per heavy atom. The number of anilines is 1. The van der Waals surface area contributed by atoms with Crippen molar-refractivity contribution < 1.29 is 47.6 Å². The van der Waals surface area contributed by atoms with Crippen LogP contribution in [0.5, 0.6) is 34.5 Å². The number of hydrazone groups is 1. The molecule has 0 bridgehead atoms. The minimum absolute atomic E-state index is 0.0270. The lowest BCUT2D eigenvalue weighted by Crippen LogP contribution is -2.44. The van der Waals surface area contributed by atoms with Crippen LogP contribution in [0.2, 0.25) is 0 Å². The Balaban J connectivity index is 1.42. The fourth-order valence-electron chi connectivity index (χ4n) is 6.61. The zero-order chi connectivity index (χ0) is 32.1. The Morgan fingerprint density at radius 3 is 2.11 bits per heavy atom. The van der Waals surface area contributed by atoms with E-state index in [0.29, 0.717) is 62.9 Å². The van der Waals surface area contributed by atoms with E-state index in [1.807, 2.05) is 41.4 Å². The summed E-state index contributed by atoms with van der Waals surface area (Å²) in [5.41, 5.74) is 3.55. The first-order chi connectivity index (χ1) is 22.3. The molecule has 0 saturated carbocycles.